The van der Waals surface area contributed by atoms with Gasteiger partial charge in [-0.15, -0.1) is 0 Å². The van der Waals surface area contributed by atoms with E-state index in [1.807, 2.05) is 0 Å². The Morgan fingerprint density at radius 2 is 2.05 bits per heavy atom. The first kappa shape index (κ1) is 15.3. The number of amides is 1. The van der Waals surface area contributed by atoms with E-state index >= 15 is 0 Å². The molecule has 0 spiro atoms. The van der Waals surface area contributed by atoms with Gasteiger partial charge in [0.05, 0.1) is 5.69 Å². The van der Waals surface area contributed by atoms with Gasteiger partial charge in [0.1, 0.15) is 17.5 Å². The largest absolute Gasteiger partial charge is 0.506 e. The smallest absolute Gasteiger partial charge is 0.412 e. The first-order chi connectivity index (χ1) is 8.73. The summed E-state index contributed by atoms with van der Waals surface area (Å²) in [6.45, 7) is 7.02. The Labute approximate surface area is 112 Å². The Morgan fingerprint density at radius 3 is 2.53 bits per heavy atom. The fourth-order valence-corrected chi connectivity index (χ4v) is 1.40. The number of nitrogens with one attached hydrogen (secondary N) is 1. The maximum atomic E-state index is 11.6. The maximum absolute atomic E-state index is 11.6. The second kappa shape index (κ2) is 5.90. The van der Waals surface area contributed by atoms with Gasteiger partial charge >= 0.3 is 6.09 Å². The Bertz CT molecular complexity index is 454. The average molecular weight is 268 g/mol. The standard InChI is InChI=1S/C13H20N2O4/c1-8(19-14)9-5-6-10(11(16)7-9)15-12(17)18-13(2,3)4/h5-8,16H,14H2,1-4H3,(H,15,17). The van der Waals surface area contributed by atoms with Crippen LogP contribution in [-0.4, -0.2) is 16.8 Å². The molecule has 6 nitrogen and oxygen atoms in total. The molecule has 0 heterocycles. The highest BCUT2D eigenvalue weighted by atomic mass is 16.6. The summed E-state index contributed by atoms with van der Waals surface area (Å²) in [7, 11) is 0. The van der Waals surface area contributed by atoms with Crippen LogP contribution in [0.1, 0.15) is 39.4 Å². The number of hydrogen-bond acceptors (Lipinski definition) is 5. The van der Waals surface area contributed by atoms with Crippen molar-refractivity contribution in [1.29, 1.82) is 0 Å². The van der Waals surface area contributed by atoms with E-state index in [1.54, 1.807) is 39.8 Å². The summed E-state index contributed by atoms with van der Waals surface area (Å²) in [5.41, 5.74) is 0.374. The maximum Gasteiger partial charge on any atom is 0.412 e. The summed E-state index contributed by atoms with van der Waals surface area (Å²) in [5.74, 6) is 4.99. The van der Waals surface area contributed by atoms with Crippen molar-refractivity contribution in [2.75, 3.05) is 5.32 Å². The predicted octanol–water partition coefficient (Wildman–Crippen LogP) is 2.69. The molecule has 19 heavy (non-hydrogen) atoms. The molecule has 1 atom stereocenters. The lowest BCUT2D eigenvalue weighted by Gasteiger charge is -2.20. The first-order valence-corrected chi connectivity index (χ1v) is 5.91. The molecule has 0 saturated heterocycles. The quantitative estimate of drug-likeness (QED) is 0.579. The van der Waals surface area contributed by atoms with Gasteiger partial charge in [-0.3, -0.25) is 10.2 Å². The summed E-state index contributed by atoms with van der Waals surface area (Å²) in [5, 5.41) is 12.3. The van der Waals surface area contributed by atoms with Crippen molar-refractivity contribution in [2.24, 2.45) is 5.90 Å². The molecule has 4 N–H and O–H groups in total. The van der Waals surface area contributed by atoms with Crippen LogP contribution in [-0.2, 0) is 9.57 Å². The van der Waals surface area contributed by atoms with Crippen LogP contribution in [0.3, 0.4) is 0 Å². The van der Waals surface area contributed by atoms with Gasteiger partial charge in [-0.05, 0) is 45.4 Å². The Hall–Kier alpha value is -1.79. The van der Waals surface area contributed by atoms with E-state index < -0.39 is 11.7 Å². The van der Waals surface area contributed by atoms with Crippen molar-refractivity contribution in [2.45, 2.75) is 39.4 Å². The van der Waals surface area contributed by atoms with E-state index in [1.165, 1.54) is 6.07 Å². The van der Waals surface area contributed by atoms with Crippen molar-refractivity contribution in [3.8, 4) is 5.75 Å². The minimum Gasteiger partial charge on any atom is -0.506 e. The summed E-state index contributed by atoms with van der Waals surface area (Å²) >= 11 is 0. The normalized spacial score (nSPS) is 12.9. The molecule has 1 amide bonds. The van der Waals surface area contributed by atoms with Gasteiger partial charge in [0, 0.05) is 0 Å². The van der Waals surface area contributed by atoms with Gasteiger partial charge in [0.2, 0.25) is 0 Å². The minimum atomic E-state index is -0.626. The van der Waals surface area contributed by atoms with Crippen LogP contribution in [0.15, 0.2) is 18.2 Å². The fourth-order valence-electron chi connectivity index (χ4n) is 1.40. The van der Waals surface area contributed by atoms with Crippen LogP contribution in [0.4, 0.5) is 10.5 Å². The Kier molecular flexibility index (Phi) is 4.74. The molecule has 0 saturated carbocycles. The molecule has 1 aromatic carbocycles. The minimum absolute atomic E-state index is 0.0766. The highest BCUT2D eigenvalue weighted by Gasteiger charge is 2.17. The van der Waals surface area contributed by atoms with E-state index in [0.717, 1.165) is 0 Å². The lowest BCUT2D eigenvalue weighted by molar-refractivity contribution is 0.0635. The van der Waals surface area contributed by atoms with Gasteiger partial charge in [0.15, 0.2) is 0 Å². The predicted molar refractivity (Wildman–Crippen MR) is 71.7 cm³/mol. The third kappa shape index (κ3) is 4.76. The van der Waals surface area contributed by atoms with Gasteiger partial charge in [-0.2, -0.15) is 0 Å². The van der Waals surface area contributed by atoms with Crippen LogP contribution in [0, 0.1) is 0 Å². The molecule has 0 radical (unpaired) electrons. The average Bonchev–Trinajstić information content (AvgIpc) is 2.28. The summed E-state index contributed by atoms with van der Waals surface area (Å²) in [6, 6.07) is 4.73. The van der Waals surface area contributed by atoms with Gasteiger partial charge in [-0.1, -0.05) is 6.07 Å². The number of anilines is 1. The number of hydrogen-bond donors (Lipinski definition) is 3. The molecule has 1 rings (SSSR count). The van der Waals surface area contributed by atoms with E-state index in [2.05, 4.69) is 10.2 Å². The molecule has 0 aliphatic carbocycles. The molecule has 1 aromatic rings. The van der Waals surface area contributed by atoms with Crippen molar-refractivity contribution in [1.82, 2.24) is 0 Å². The lowest BCUT2D eigenvalue weighted by Crippen LogP contribution is -2.27. The van der Waals surface area contributed by atoms with E-state index in [0.29, 0.717) is 5.56 Å². The van der Waals surface area contributed by atoms with Gasteiger partial charge < -0.3 is 9.84 Å². The number of benzene rings is 1. The number of nitrogens with two attached hydrogens (primary N) is 1. The highest BCUT2D eigenvalue weighted by Crippen LogP contribution is 2.28. The SMILES string of the molecule is CC(ON)c1ccc(NC(=O)OC(C)(C)C)c(O)c1. The van der Waals surface area contributed by atoms with Crippen molar-refractivity contribution < 1.29 is 19.5 Å². The zero-order valence-corrected chi connectivity index (χ0v) is 11.6. The number of ether oxygens (including phenoxy) is 1. The lowest BCUT2D eigenvalue weighted by atomic mass is 10.1. The second-order valence-corrected chi connectivity index (χ2v) is 5.18. The molecular formula is C13H20N2O4. The van der Waals surface area contributed by atoms with Crippen LogP contribution in [0.25, 0.3) is 0 Å². The molecule has 0 bridgehead atoms. The van der Waals surface area contributed by atoms with Crippen LogP contribution < -0.4 is 11.2 Å². The number of carbonyl (C=O) groups excluding carboxylic acids is 1. The molecule has 106 valence electrons. The summed E-state index contributed by atoms with van der Waals surface area (Å²) in [6.07, 6.45) is -0.972. The molecule has 0 aromatic heterocycles. The summed E-state index contributed by atoms with van der Waals surface area (Å²) < 4.78 is 5.09. The number of aromatic hydroxyl groups is 1. The summed E-state index contributed by atoms with van der Waals surface area (Å²) in [4.78, 5) is 16.2. The number of carbonyl (C=O) groups is 1. The zero-order chi connectivity index (χ0) is 14.6. The van der Waals surface area contributed by atoms with Crippen molar-refractivity contribution >= 4 is 11.8 Å². The molecule has 6 heteroatoms. The third-order valence-electron chi connectivity index (χ3n) is 2.33. The van der Waals surface area contributed by atoms with Crippen molar-refractivity contribution in [3.63, 3.8) is 0 Å². The molecular weight excluding hydrogens is 248 g/mol. The van der Waals surface area contributed by atoms with Crippen LogP contribution in [0.2, 0.25) is 0 Å². The van der Waals surface area contributed by atoms with Crippen LogP contribution >= 0.6 is 0 Å². The number of rotatable bonds is 3. The van der Waals surface area contributed by atoms with Gasteiger partial charge in [-0.25, -0.2) is 10.7 Å². The zero-order valence-electron chi connectivity index (χ0n) is 11.6. The molecule has 0 aliphatic rings. The monoisotopic (exact) mass is 268 g/mol. The third-order valence-corrected chi connectivity index (χ3v) is 2.33. The van der Waals surface area contributed by atoms with Gasteiger partial charge in [0.25, 0.3) is 0 Å². The molecule has 0 fully saturated rings. The first-order valence-electron chi connectivity index (χ1n) is 5.91. The topological polar surface area (TPSA) is 93.8 Å². The second-order valence-electron chi connectivity index (χ2n) is 5.18. The number of phenols is 1. The van der Waals surface area contributed by atoms with E-state index in [9.17, 15) is 9.90 Å². The Morgan fingerprint density at radius 1 is 1.42 bits per heavy atom. The fraction of sp³-hybridized carbons (Fsp3) is 0.462. The molecule has 0 aliphatic heterocycles. The Balaban J connectivity index is 2.78. The highest BCUT2D eigenvalue weighted by molar-refractivity contribution is 5.86. The molecule has 1 unspecified atom stereocenters. The van der Waals surface area contributed by atoms with Crippen molar-refractivity contribution in [3.05, 3.63) is 23.8 Å². The van der Waals surface area contributed by atoms with E-state index in [-0.39, 0.29) is 17.5 Å². The van der Waals surface area contributed by atoms with E-state index in [4.69, 9.17) is 10.6 Å². The van der Waals surface area contributed by atoms with Crippen LogP contribution in [0.5, 0.6) is 5.75 Å². The number of phenolic OH excluding ortho intramolecular Hbond substituents is 1.